The minimum atomic E-state index is 0. The van der Waals surface area contributed by atoms with Gasteiger partial charge in [-0.15, -0.1) is 12.4 Å². The third-order valence-corrected chi connectivity index (χ3v) is 3.22. The van der Waals surface area contributed by atoms with Gasteiger partial charge in [0.05, 0.1) is 13.2 Å². The molecule has 5 heteroatoms. The standard InChI is InChI=1S/C18H22N2O2.ClH/c1-19-12-11-18(21)20-17-9-7-16(8-10-17)14-22-13-15-5-3-2-4-6-15;/h2-10,19H,11-14H2,1H3,(H,20,21);1H. The molecule has 2 aromatic carbocycles. The molecule has 2 N–H and O–H groups in total. The van der Waals surface area contributed by atoms with Gasteiger partial charge in [-0.25, -0.2) is 0 Å². The van der Waals surface area contributed by atoms with Crippen LogP contribution in [0.5, 0.6) is 0 Å². The monoisotopic (exact) mass is 334 g/mol. The molecule has 23 heavy (non-hydrogen) atoms. The zero-order valence-corrected chi connectivity index (χ0v) is 14.1. The highest BCUT2D eigenvalue weighted by molar-refractivity contribution is 5.90. The van der Waals surface area contributed by atoms with Gasteiger partial charge in [0.15, 0.2) is 0 Å². The summed E-state index contributed by atoms with van der Waals surface area (Å²) in [6.45, 7) is 1.84. The van der Waals surface area contributed by atoms with Gasteiger partial charge < -0.3 is 15.4 Å². The number of benzene rings is 2. The Kier molecular flexibility index (Phi) is 8.98. The maximum Gasteiger partial charge on any atom is 0.225 e. The zero-order chi connectivity index (χ0) is 15.6. The van der Waals surface area contributed by atoms with Gasteiger partial charge >= 0.3 is 0 Å². The zero-order valence-electron chi connectivity index (χ0n) is 13.2. The number of hydrogen-bond donors (Lipinski definition) is 2. The molecule has 0 saturated carbocycles. The Bertz CT molecular complexity index is 573. The van der Waals surface area contributed by atoms with Crippen LogP contribution in [0.15, 0.2) is 54.6 Å². The van der Waals surface area contributed by atoms with Crippen molar-refractivity contribution in [3.05, 3.63) is 65.7 Å². The van der Waals surface area contributed by atoms with E-state index in [0.717, 1.165) is 16.8 Å². The Morgan fingerprint density at radius 3 is 2.17 bits per heavy atom. The number of amides is 1. The molecule has 0 radical (unpaired) electrons. The lowest BCUT2D eigenvalue weighted by Gasteiger charge is -2.07. The lowest BCUT2D eigenvalue weighted by molar-refractivity contribution is -0.116. The lowest BCUT2D eigenvalue weighted by atomic mass is 10.2. The van der Waals surface area contributed by atoms with E-state index in [1.54, 1.807) is 0 Å². The van der Waals surface area contributed by atoms with E-state index in [1.165, 1.54) is 0 Å². The fourth-order valence-electron chi connectivity index (χ4n) is 2.01. The summed E-state index contributed by atoms with van der Waals surface area (Å²) in [5, 5.41) is 5.82. The van der Waals surface area contributed by atoms with Gasteiger partial charge in [-0.1, -0.05) is 42.5 Å². The number of rotatable bonds is 8. The number of carbonyl (C=O) groups excluding carboxylic acids is 1. The molecule has 0 aliphatic heterocycles. The summed E-state index contributed by atoms with van der Waals surface area (Å²) >= 11 is 0. The second-order valence-electron chi connectivity index (χ2n) is 5.08. The predicted octanol–water partition coefficient (Wildman–Crippen LogP) is 3.37. The summed E-state index contributed by atoms with van der Waals surface area (Å²) < 4.78 is 5.68. The van der Waals surface area contributed by atoms with Crippen LogP contribution in [0, 0.1) is 0 Å². The first-order chi connectivity index (χ1) is 10.8. The van der Waals surface area contributed by atoms with Gasteiger partial charge in [0.1, 0.15) is 0 Å². The minimum Gasteiger partial charge on any atom is -0.372 e. The van der Waals surface area contributed by atoms with Crippen LogP contribution in [0.4, 0.5) is 5.69 Å². The van der Waals surface area contributed by atoms with E-state index < -0.39 is 0 Å². The molecule has 124 valence electrons. The SMILES string of the molecule is CNCCC(=O)Nc1ccc(COCc2ccccc2)cc1.Cl. The normalized spacial score (nSPS) is 9.96. The van der Waals surface area contributed by atoms with Gasteiger partial charge in [0.2, 0.25) is 5.91 Å². The Morgan fingerprint density at radius 1 is 0.957 bits per heavy atom. The van der Waals surface area contributed by atoms with E-state index in [1.807, 2.05) is 61.6 Å². The summed E-state index contributed by atoms with van der Waals surface area (Å²) in [6.07, 6.45) is 0.471. The molecular weight excluding hydrogens is 312 g/mol. The van der Waals surface area contributed by atoms with E-state index >= 15 is 0 Å². The molecule has 0 unspecified atom stereocenters. The molecule has 2 aromatic rings. The van der Waals surface area contributed by atoms with Crippen molar-refractivity contribution >= 4 is 24.0 Å². The summed E-state index contributed by atoms with van der Waals surface area (Å²) in [5.41, 5.74) is 3.06. The first kappa shape index (κ1) is 19.2. The largest absolute Gasteiger partial charge is 0.372 e. The topological polar surface area (TPSA) is 50.4 Å². The van der Waals surface area contributed by atoms with Gasteiger partial charge in [-0.3, -0.25) is 4.79 Å². The number of anilines is 1. The molecule has 0 saturated heterocycles. The molecule has 0 aromatic heterocycles. The van der Waals surface area contributed by atoms with E-state index in [0.29, 0.717) is 26.2 Å². The van der Waals surface area contributed by atoms with Crippen LogP contribution < -0.4 is 10.6 Å². The maximum absolute atomic E-state index is 11.6. The van der Waals surface area contributed by atoms with Gasteiger partial charge in [-0.2, -0.15) is 0 Å². The van der Waals surface area contributed by atoms with E-state index in [2.05, 4.69) is 10.6 Å². The third-order valence-electron chi connectivity index (χ3n) is 3.22. The van der Waals surface area contributed by atoms with Crippen LogP contribution in [0.2, 0.25) is 0 Å². The number of nitrogens with one attached hydrogen (secondary N) is 2. The Morgan fingerprint density at radius 2 is 1.57 bits per heavy atom. The molecule has 0 aliphatic carbocycles. The summed E-state index contributed by atoms with van der Waals surface area (Å²) in [6, 6.07) is 17.8. The molecular formula is C18H23ClN2O2. The molecule has 4 nitrogen and oxygen atoms in total. The fraction of sp³-hybridized carbons (Fsp3) is 0.278. The highest BCUT2D eigenvalue weighted by atomic mass is 35.5. The Balaban J connectivity index is 0.00000264. The van der Waals surface area contributed by atoms with Gasteiger partial charge in [0.25, 0.3) is 0 Å². The van der Waals surface area contributed by atoms with Crippen molar-refractivity contribution in [3.8, 4) is 0 Å². The Hall–Kier alpha value is -1.88. The highest BCUT2D eigenvalue weighted by Crippen LogP contribution is 2.11. The molecule has 0 spiro atoms. The van der Waals surface area contributed by atoms with Crippen molar-refractivity contribution in [2.45, 2.75) is 19.6 Å². The number of hydrogen-bond acceptors (Lipinski definition) is 3. The summed E-state index contributed by atoms with van der Waals surface area (Å²) in [4.78, 5) is 11.6. The van der Waals surface area contributed by atoms with Crippen LogP contribution in [0.3, 0.4) is 0 Å². The van der Waals surface area contributed by atoms with E-state index in [4.69, 9.17) is 4.74 Å². The molecule has 2 rings (SSSR count). The van der Waals surface area contributed by atoms with Crippen molar-refractivity contribution in [1.82, 2.24) is 5.32 Å². The summed E-state index contributed by atoms with van der Waals surface area (Å²) in [5.74, 6) is 0.0161. The maximum atomic E-state index is 11.6. The number of carbonyl (C=O) groups is 1. The van der Waals surface area contributed by atoms with Crippen molar-refractivity contribution in [3.63, 3.8) is 0 Å². The molecule has 0 fully saturated rings. The van der Waals surface area contributed by atoms with Crippen LogP contribution in [0.25, 0.3) is 0 Å². The summed E-state index contributed by atoms with van der Waals surface area (Å²) in [7, 11) is 1.83. The number of ether oxygens (including phenoxy) is 1. The third kappa shape index (κ3) is 7.28. The molecule has 1 amide bonds. The average molecular weight is 335 g/mol. The predicted molar refractivity (Wildman–Crippen MR) is 95.8 cm³/mol. The van der Waals surface area contributed by atoms with Crippen molar-refractivity contribution in [2.75, 3.05) is 18.9 Å². The molecule has 0 aliphatic rings. The van der Waals surface area contributed by atoms with Gasteiger partial charge in [0, 0.05) is 18.7 Å². The van der Waals surface area contributed by atoms with Gasteiger partial charge in [-0.05, 0) is 30.3 Å². The minimum absolute atomic E-state index is 0. The quantitative estimate of drug-likeness (QED) is 0.778. The molecule has 0 heterocycles. The van der Waals surface area contributed by atoms with Crippen LogP contribution >= 0.6 is 12.4 Å². The van der Waals surface area contributed by atoms with E-state index in [9.17, 15) is 4.79 Å². The second-order valence-corrected chi connectivity index (χ2v) is 5.08. The average Bonchev–Trinajstić information content (AvgIpc) is 2.55. The molecule has 0 atom stereocenters. The van der Waals surface area contributed by atoms with Crippen LogP contribution in [0.1, 0.15) is 17.5 Å². The van der Waals surface area contributed by atoms with Crippen LogP contribution in [-0.4, -0.2) is 19.5 Å². The first-order valence-electron chi connectivity index (χ1n) is 7.43. The smallest absolute Gasteiger partial charge is 0.225 e. The molecule has 0 bridgehead atoms. The fourth-order valence-corrected chi connectivity index (χ4v) is 2.01. The van der Waals surface area contributed by atoms with Crippen molar-refractivity contribution in [1.29, 1.82) is 0 Å². The van der Waals surface area contributed by atoms with Crippen molar-refractivity contribution in [2.24, 2.45) is 0 Å². The Labute approximate surface area is 143 Å². The van der Waals surface area contributed by atoms with E-state index in [-0.39, 0.29) is 18.3 Å². The number of halogens is 1. The van der Waals surface area contributed by atoms with Crippen LogP contribution in [-0.2, 0) is 22.7 Å². The van der Waals surface area contributed by atoms with Crippen molar-refractivity contribution < 1.29 is 9.53 Å². The lowest BCUT2D eigenvalue weighted by Crippen LogP contribution is -2.18. The first-order valence-corrected chi connectivity index (χ1v) is 7.43. The second kappa shape index (κ2) is 10.8. The highest BCUT2D eigenvalue weighted by Gasteiger charge is 2.01.